The van der Waals surface area contributed by atoms with Crippen LogP contribution in [-0.4, -0.2) is 155 Å². The summed E-state index contributed by atoms with van der Waals surface area (Å²) in [5.41, 5.74) is -5.03. The fourth-order valence-corrected chi connectivity index (χ4v) is 10.5. The van der Waals surface area contributed by atoms with Gasteiger partial charge in [0.2, 0.25) is 0 Å². The minimum absolute atomic E-state index is 0.0935. The number of benzene rings is 1. The first kappa shape index (κ1) is 54.2. The van der Waals surface area contributed by atoms with Crippen LogP contribution in [0.3, 0.4) is 0 Å². The van der Waals surface area contributed by atoms with Gasteiger partial charge in [0.1, 0.15) is 34.8 Å². The SMILES string of the molecule is CCCNC[C@]1(O)[C@H](C)O[C@@H](O[C@H]2[C@H](C)[C@@H](O[C@@H]3O[C@H](C)C[C@H](NC)[C@H]3Oc3ccc(-n4cccc4)cc3)[C@](C)(O)C[C@@H](C)CN[C@H](C)[C@@H](O)[C@](C)(O)[C@@H](CC)OC(=O)[C@@H]2C)C[C@@]1(C)OC. The van der Waals surface area contributed by atoms with Crippen molar-refractivity contribution in [3.8, 4) is 11.4 Å². The molecular weight excluding hydrogens is 849 g/mol. The largest absolute Gasteiger partial charge is 0.483 e. The monoisotopic (exact) mass is 933 g/mol. The van der Waals surface area contributed by atoms with Crippen molar-refractivity contribution in [2.45, 2.75) is 198 Å². The highest BCUT2D eigenvalue weighted by Gasteiger charge is 2.58. The molecule has 16 heteroatoms. The van der Waals surface area contributed by atoms with Crippen LogP contribution in [0, 0.1) is 17.8 Å². The molecule has 0 aliphatic carbocycles. The van der Waals surface area contributed by atoms with Gasteiger partial charge in [0.25, 0.3) is 0 Å². The number of ether oxygens (including phenoxy) is 7. The smallest absolute Gasteiger partial charge is 0.311 e. The number of esters is 1. The average molecular weight is 933 g/mol. The Hall–Kier alpha value is -2.71. The van der Waals surface area contributed by atoms with Crippen molar-refractivity contribution in [1.29, 1.82) is 0 Å². The van der Waals surface area contributed by atoms with Crippen molar-refractivity contribution in [3.05, 3.63) is 48.8 Å². The zero-order valence-electron chi connectivity index (χ0n) is 41.9. The number of methoxy groups -OCH3 is 1. The van der Waals surface area contributed by atoms with E-state index in [1.165, 1.54) is 6.92 Å². The standard InChI is InChI=1S/C50H84N4O12/c1-14-22-52-29-50(59)35(8)62-40(27-48(50,10)60-13)65-41-32(5)44(47(9,57)26-30(3)28-53-34(7)43(55)49(11,58)39(15-2)64-45(56)33(41)6)66-46-42(38(51-12)25-31(4)61-46)63-37-20-18-36(19-21-37)54-23-16-17-24-54/h16-21,23-24,30-35,38-44,46,51-53,55,57-59H,14-15,22,25-29H2,1-13H3/t30-,31-,32+,33-,34-,35+,38+,39-,40+,41+,42-,43-,44-,46+,47-,48-,49-,50+/m1/s1. The minimum Gasteiger partial charge on any atom is -0.483 e. The Morgan fingerprint density at radius 1 is 0.924 bits per heavy atom. The summed E-state index contributed by atoms with van der Waals surface area (Å²) in [6.45, 7) is 21.2. The van der Waals surface area contributed by atoms with Gasteiger partial charge >= 0.3 is 5.97 Å². The van der Waals surface area contributed by atoms with Gasteiger partial charge in [-0.1, -0.05) is 27.7 Å². The number of cyclic esters (lactones) is 1. The first-order valence-corrected chi connectivity index (χ1v) is 24.3. The maximum atomic E-state index is 14.6. The predicted octanol–water partition coefficient (Wildman–Crippen LogP) is 4.46. The Kier molecular flexibility index (Phi) is 18.7. The lowest BCUT2D eigenvalue weighted by atomic mass is 9.75. The highest BCUT2D eigenvalue weighted by Crippen LogP contribution is 2.43. The maximum absolute atomic E-state index is 14.6. The average Bonchev–Trinajstić information content (AvgIpc) is 3.82. The van der Waals surface area contributed by atoms with Gasteiger partial charge in [0.05, 0.1) is 42.0 Å². The van der Waals surface area contributed by atoms with Gasteiger partial charge in [-0.25, -0.2) is 0 Å². The lowest BCUT2D eigenvalue weighted by molar-refractivity contribution is -0.335. The number of hydrogen-bond donors (Lipinski definition) is 7. The number of nitrogens with one attached hydrogen (secondary N) is 3. The van der Waals surface area contributed by atoms with Gasteiger partial charge in [-0.3, -0.25) is 4.79 Å². The number of aliphatic hydroxyl groups excluding tert-OH is 1. The molecule has 3 aliphatic heterocycles. The van der Waals surface area contributed by atoms with Crippen molar-refractivity contribution >= 4 is 5.97 Å². The number of hydrogen-bond acceptors (Lipinski definition) is 15. The van der Waals surface area contributed by atoms with E-state index >= 15 is 0 Å². The molecule has 3 aliphatic rings. The second-order valence-electron chi connectivity index (χ2n) is 20.2. The van der Waals surface area contributed by atoms with Crippen molar-refractivity contribution < 1.29 is 58.4 Å². The molecule has 0 unspecified atom stereocenters. The van der Waals surface area contributed by atoms with Gasteiger partial charge in [-0.2, -0.15) is 0 Å². The summed E-state index contributed by atoms with van der Waals surface area (Å²) in [5, 5.41) is 58.6. The summed E-state index contributed by atoms with van der Waals surface area (Å²) in [6.07, 6.45) is -2.24. The van der Waals surface area contributed by atoms with Crippen LogP contribution in [0.25, 0.3) is 5.69 Å². The second-order valence-corrected chi connectivity index (χ2v) is 20.2. The van der Waals surface area contributed by atoms with Crippen molar-refractivity contribution in [3.63, 3.8) is 0 Å². The number of carbonyl (C=O) groups is 1. The van der Waals surface area contributed by atoms with Gasteiger partial charge in [0.15, 0.2) is 18.7 Å². The van der Waals surface area contributed by atoms with Crippen LogP contribution in [-0.2, 0) is 33.2 Å². The molecule has 5 rings (SSSR count). The normalized spacial score (nSPS) is 42.2. The van der Waals surface area contributed by atoms with E-state index < -0.39 is 95.5 Å². The third kappa shape index (κ3) is 12.2. The zero-order valence-corrected chi connectivity index (χ0v) is 41.9. The van der Waals surface area contributed by atoms with Crippen LogP contribution < -0.4 is 20.7 Å². The van der Waals surface area contributed by atoms with Crippen LogP contribution in [0.4, 0.5) is 0 Å². The van der Waals surface area contributed by atoms with E-state index in [0.29, 0.717) is 25.3 Å². The summed E-state index contributed by atoms with van der Waals surface area (Å²) in [6, 6.07) is 10.9. The third-order valence-corrected chi connectivity index (χ3v) is 14.7. The minimum atomic E-state index is -1.83. The van der Waals surface area contributed by atoms with E-state index in [1.807, 2.05) is 95.0 Å². The zero-order chi connectivity index (χ0) is 48.8. The number of rotatable bonds is 14. The van der Waals surface area contributed by atoms with E-state index in [4.69, 9.17) is 33.2 Å². The van der Waals surface area contributed by atoms with Gasteiger partial charge in [0, 0.05) is 50.1 Å². The number of aliphatic hydroxyl groups is 4. The number of likely N-dealkylation sites (N-methyl/N-ethyl adjacent to an activating group) is 1. The van der Waals surface area contributed by atoms with Crippen LogP contribution >= 0.6 is 0 Å². The molecule has 376 valence electrons. The quantitative estimate of drug-likeness (QED) is 0.103. The number of aromatic nitrogens is 1. The second kappa shape index (κ2) is 22.8. The highest BCUT2D eigenvalue weighted by molar-refractivity contribution is 5.73. The topological polar surface area (TPSA) is 204 Å². The molecule has 2 aromatic rings. The highest BCUT2D eigenvalue weighted by atomic mass is 16.7. The van der Waals surface area contributed by atoms with E-state index in [0.717, 1.165) is 12.1 Å². The van der Waals surface area contributed by atoms with Crippen LogP contribution in [0.1, 0.15) is 108 Å². The molecule has 0 radical (unpaired) electrons. The van der Waals surface area contributed by atoms with E-state index in [-0.39, 0.29) is 43.9 Å². The lowest BCUT2D eigenvalue weighted by Crippen LogP contribution is -2.70. The molecule has 16 nitrogen and oxygen atoms in total. The fourth-order valence-electron chi connectivity index (χ4n) is 10.5. The van der Waals surface area contributed by atoms with Gasteiger partial charge in [-0.15, -0.1) is 0 Å². The summed E-state index contributed by atoms with van der Waals surface area (Å²) < 4.78 is 48.3. The lowest BCUT2D eigenvalue weighted by Gasteiger charge is -2.53. The van der Waals surface area contributed by atoms with Crippen LogP contribution in [0.15, 0.2) is 48.8 Å². The summed E-state index contributed by atoms with van der Waals surface area (Å²) in [4.78, 5) is 14.6. The van der Waals surface area contributed by atoms with Crippen molar-refractivity contribution in [2.24, 2.45) is 17.8 Å². The molecule has 0 saturated carbocycles. The molecule has 0 amide bonds. The number of nitrogens with zero attached hydrogens (tertiary/aromatic N) is 1. The Morgan fingerprint density at radius 2 is 1.59 bits per heavy atom. The molecule has 0 bridgehead atoms. The van der Waals surface area contributed by atoms with Gasteiger partial charge in [-0.05, 0) is 137 Å². The Morgan fingerprint density at radius 3 is 2.20 bits per heavy atom. The molecule has 18 atom stereocenters. The van der Waals surface area contributed by atoms with Crippen molar-refractivity contribution in [2.75, 3.05) is 33.8 Å². The van der Waals surface area contributed by atoms with Crippen molar-refractivity contribution in [1.82, 2.24) is 20.5 Å². The molecule has 66 heavy (non-hydrogen) atoms. The van der Waals surface area contributed by atoms with E-state index in [9.17, 15) is 25.2 Å². The molecule has 1 aromatic carbocycles. The number of carbonyl (C=O) groups excluding carboxylic acids is 1. The molecule has 1 aromatic heterocycles. The summed E-state index contributed by atoms with van der Waals surface area (Å²) in [7, 11) is 3.42. The molecule has 4 heterocycles. The summed E-state index contributed by atoms with van der Waals surface area (Å²) in [5.74, 6) is -2.06. The first-order chi connectivity index (χ1) is 31.0. The van der Waals surface area contributed by atoms with E-state index in [1.54, 1.807) is 41.7 Å². The Labute approximate surface area is 393 Å². The molecule has 0 spiro atoms. The fraction of sp³-hybridized carbons (Fsp3) is 0.780. The Balaban J connectivity index is 1.58. The van der Waals surface area contributed by atoms with Gasteiger partial charge < -0.3 is 74.1 Å². The van der Waals surface area contributed by atoms with Crippen LogP contribution in [0.5, 0.6) is 5.75 Å². The maximum Gasteiger partial charge on any atom is 0.311 e. The predicted molar refractivity (Wildman–Crippen MR) is 251 cm³/mol. The Bertz CT molecular complexity index is 1780. The molecular formula is C50H84N4O12. The summed E-state index contributed by atoms with van der Waals surface area (Å²) >= 11 is 0. The molecule has 3 saturated heterocycles. The third-order valence-electron chi connectivity index (χ3n) is 14.7. The van der Waals surface area contributed by atoms with Crippen LogP contribution in [0.2, 0.25) is 0 Å². The van der Waals surface area contributed by atoms with E-state index in [2.05, 4.69) is 16.0 Å². The molecule has 3 fully saturated rings. The molecule has 7 N–H and O–H groups in total. The first-order valence-electron chi connectivity index (χ1n) is 24.3.